The van der Waals surface area contributed by atoms with Gasteiger partial charge in [-0.05, 0) is 60.2 Å². The molecule has 0 aliphatic heterocycles. The molecule has 0 unspecified atom stereocenters. The molecule has 0 aromatic heterocycles. The SMILES string of the molecule is O=C(O)c1cc(S(=O)(=O)Nc2ccc(OCc3ccc(C(F)(F)F)cc3)cc2)ccc1Cl. The van der Waals surface area contributed by atoms with E-state index in [0.717, 1.165) is 18.2 Å². The van der Waals surface area contributed by atoms with E-state index in [9.17, 15) is 26.4 Å². The highest BCUT2D eigenvalue weighted by Gasteiger charge is 2.29. The minimum absolute atomic E-state index is 0.0198. The van der Waals surface area contributed by atoms with E-state index in [0.29, 0.717) is 11.3 Å². The lowest BCUT2D eigenvalue weighted by atomic mass is 10.1. The van der Waals surface area contributed by atoms with Crippen molar-refractivity contribution in [2.45, 2.75) is 17.7 Å². The quantitative estimate of drug-likeness (QED) is 0.465. The summed E-state index contributed by atoms with van der Waals surface area (Å²) < 4.78 is 70.7. The van der Waals surface area contributed by atoms with Crippen LogP contribution in [0.5, 0.6) is 5.75 Å². The monoisotopic (exact) mass is 485 g/mol. The first-order chi connectivity index (χ1) is 15.0. The largest absolute Gasteiger partial charge is 0.489 e. The molecule has 0 saturated carbocycles. The lowest BCUT2D eigenvalue weighted by molar-refractivity contribution is -0.137. The Kier molecular flexibility index (Phi) is 6.65. The predicted octanol–water partition coefficient (Wildman–Crippen LogP) is 5.44. The van der Waals surface area contributed by atoms with Gasteiger partial charge in [0.25, 0.3) is 10.0 Å². The van der Waals surface area contributed by atoms with Crippen LogP contribution in [-0.2, 0) is 22.8 Å². The summed E-state index contributed by atoms with van der Waals surface area (Å²) in [6.45, 7) is 0.0198. The van der Waals surface area contributed by atoms with E-state index in [-0.39, 0.29) is 27.8 Å². The fraction of sp³-hybridized carbons (Fsp3) is 0.0952. The number of halogens is 4. The van der Waals surface area contributed by atoms with E-state index in [2.05, 4.69) is 4.72 Å². The van der Waals surface area contributed by atoms with Crippen LogP contribution in [0.25, 0.3) is 0 Å². The molecule has 0 heterocycles. The van der Waals surface area contributed by atoms with Gasteiger partial charge < -0.3 is 9.84 Å². The molecule has 2 N–H and O–H groups in total. The molecule has 6 nitrogen and oxygen atoms in total. The van der Waals surface area contributed by atoms with Gasteiger partial charge in [-0.2, -0.15) is 13.2 Å². The van der Waals surface area contributed by atoms with Crippen LogP contribution < -0.4 is 9.46 Å². The fourth-order valence-electron chi connectivity index (χ4n) is 2.63. The Balaban J connectivity index is 1.65. The highest BCUT2D eigenvalue weighted by atomic mass is 35.5. The molecule has 0 atom stereocenters. The highest BCUT2D eigenvalue weighted by molar-refractivity contribution is 7.92. The number of carboxylic acids is 1. The normalized spacial score (nSPS) is 11.8. The van der Waals surface area contributed by atoms with Crippen molar-refractivity contribution in [1.82, 2.24) is 0 Å². The Hall–Kier alpha value is -3.24. The zero-order valence-electron chi connectivity index (χ0n) is 16.1. The Morgan fingerprint density at radius 1 is 1.00 bits per heavy atom. The number of benzene rings is 3. The molecule has 0 fully saturated rings. The number of ether oxygens (including phenoxy) is 1. The third kappa shape index (κ3) is 5.71. The van der Waals surface area contributed by atoms with Crippen molar-refractivity contribution in [2.75, 3.05) is 4.72 Å². The van der Waals surface area contributed by atoms with Gasteiger partial charge >= 0.3 is 12.1 Å². The van der Waals surface area contributed by atoms with Crippen molar-refractivity contribution in [1.29, 1.82) is 0 Å². The number of sulfonamides is 1. The second-order valence-electron chi connectivity index (χ2n) is 6.56. The minimum Gasteiger partial charge on any atom is -0.489 e. The van der Waals surface area contributed by atoms with Crippen LogP contribution in [0.4, 0.5) is 18.9 Å². The van der Waals surface area contributed by atoms with Gasteiger partial charge in [0, 0.05) is 5.69 Å². The molecule has 11 heteroatoms. The standard InChI is InChI=1S/C21H15ClF3NO5S/c22-19-10-9-17(11-18(19)20(27)28)32(29,30)26-15-5-7-16(8-6-15)31-12-13-1-3-14(4-2-13)21(23,24)25/h1-11,26H,12H2,(H,27,28). The van der Waals surface area contributed by atoms with Gasteiger partial charge in [0.15, 0.2) is 0 Å². The number of alkyl halides is 3. The smallest absolute Gasteiger partial charge is 0.416 e. The molecule has 0 bridgehead atoms. The van der Waals surface area contributed by atoms with Crippen LogP contribution in [0.1, 0.15) is 21.5 Å². The van der Waals surface area contributed by atoms with Gasteiger partial charge in [-0.3, -0.25) is 4.72 Å². The van der Waals surface area contributed by atoms with E-state index in [1.807, 2.05) is 0 Å². The van der Waals surface area contributed by atoms with E-state index >= 15 is 0 Å². The number of hydrogen-bond donors (Lipinski definition) is 2. The summed E-state index contributed by atoms with van der Waals surface area (Å²) >= 11 is 5.76. The Morgan fingerprint density at radius 3 is 2.19 bits per heavy atom. The van der Waals surface area contributed by atoms with Gasteiger partial charge in [-0.1, -0.05) is 23.7 Å². The Morgan fingerprint density at radius 2 is 1.62 bits per heavy atom. The summed E-state index contributed by atoms with van der Waals surface area (Å²) in [6, 6.07) is 13.7. The van der Waals surface area contributed by atoms with Gasteiger partial charge in [-0.25, -0.2) is 13.2 Å². The maximum absolute atomic E-state index is 12.6. The molecule has 0 amide bonds. The predicted molar refractivity (Wildman–Crippen MR) is 111 cm³/mol. The number of carbonyl (C=O) groups is 1. The maximum atomic E-state index is 12.6. The van der Waals surface area contributed by atoms with E-state index in [1.165, 1.54) is 48.5 Å². The third-order valence-electron chi connectivity index (χ3n) is 4.27. The molecule has 0 radical (unpaired) electrons. The highest BCUT2D eigenvalue weighted by Crippen LogP contribution is 2.29. The summed E-state index contributed by atoms with van der Waals surface area (Å²) in [6.07, 6.45) is -4.41. The van der Waals surface area contributed by atoms with Gasteiger partial charge in [0.05, 0.1) is 21.0 Å². The van der Waals surface area contributed by atoms with Crippen molar-refractivity contribution in [3.05, 3.63) is 88.4 Å². The summed E-state index contributed by atoms with van der Waals surface area (Å²) in [5, 5.41) is 9.00. The van der Waals surface area contributed by atoms with Crippen molar-refractivity contribution in [2.24, 2.45) is 0 Å². The van der Waals surface area contributed by atoms with Crippen LogP contribution in [0, 0.1) is 0 Å². The van der Waals surface area contributed by atoms with E-state index < -0.39 is 27.7 Å². The lowest BCUT2D eigenvalue weighted by Gasteiger charge is -2.11. The van der Waals surface area contributed by atoms with Crippen LogP contribution in [-0.4, -0.2) is 19.5 Å². The number of anilines is 1. The minimum atomic E-state index is -4.41. The molecule has 32 heavy (non-hydrogen) atoms. The van der Waals surface area contributed by atoms with Crippen molar-refractivity contribution in [3.8, 4) is 5.75 Å². The molecular formula is C21H15ClF3NO5S. The van der Waals surface area contributed by atoms with E-state index in [1.54, 1.807) is 0 Å². The molecule has 0 saturated heterocycles. The molecule has 3 aromatic carbocycles. The number of carboxylic acid groups (broad SMARTS) is 1. The summed E-state index contributed by atoms with van der Waals surface area (Å²) in [5.41, 5.74) is -0.380. The third-order valence-corrected chi connectivity index (χ3v) is 5.98. The summed E-state index contributed by atoms with van der Waals surface area (Å²) in [4.78, 5) is 10.9. The first-order valence-electron chi connectivity index (χ1n) is 8.90. The van der Waals surface area contributed by atoms with Crippen molar-refractivity contribution < 1.29 is 36.2 Å². The lowest BCUT2D eigenvalue weighted by Crippen LogP contribution is -2.14. The molecular weight excluding hydrogens is 471 g/mol. The molecule has 0 spiro atoms. The van der Waals surface area contributed by atoms with Gasteiger partial charge in [0.1, 0.15) is 12.4 Å². The number of aromatic carboxylic acids is 1. The molecule has 3 aromatic rings. The zero-order valence-corrected chi connectivity index (χ0v) is 17.6. The number of rotatable bonds is 7. The second kappa shape index (κ2) is 9.09. The molecule has 168 valence electrons. The summed E-state index contributed by atoms with van der Waals surface area (Å²) in [7, 11) is -4.08. The van der Waals surface area contributed by atoms with Crippen LogP contribution in [0.15, 0.2) is 71.6 Å². The molecule has 0 aliphatic rings. The van der Waals surface area contributed by atoms with Gasteiger partial charge in [0.2, 0.25) is 0 Å². The topological polar surface area (TPSA) is 92.7 Å². The van der Waals surface area contributed by atoms with Crippen LogP contribution in [0.2, 0.25) is 5.02 Å². The Labute approximate surface area is 186 Å². The second-order valence-corrected chi connectivity index (χ2v) is 8.65. The van der Waals surface area contributed by atoms with Crippen molar-refractivity contribution in [3.63, 3.8) is 0 Å². The number of nitrogens with one attached hydrogen (secondary N) is 1. The van der Waals surface area contributed by atoms with E-state index in [4.69, 9.17) is 21.4 Å². The zero-order chi connectivity index (χ0) is 23.5. The van der Waals surface area contributed by atoms with Crippen LogP contribution >= 0.6 is 11.6 Å². The average Bonchev–Trinajstić information content (AvgIpc) is 2.72. The average molecular weight is 486 g/mol. The van der Waals surface area contributed by atoms with Crippen LogP contribution in [0.3, 0.4) is 0 Å². The first kappa shape index (κ1) is 23.4. The fourth-order valence-corrected chi connectivity index (χ4v) is 3.91. The molecule has 3 rings (SSSR count). The summed E-state index contributed by atoms with van der Waals surface area (Å²) in [5.74, 6) is -0.992. The maximum Gasteiger partial charge on any atom is 0.416 e. The number of hydrogen-bond acceptors (Lipinski definition) is 4. The molecule has 0 aliphatic carbocycles. The first-order valence-corrected chi connectivity index (χ1v) is 10.8. The Bertz CT molecular complexity index is 1230. The van der Waals surface area contributed by atoms with Crippen molar-refractivity contribution >= 4 is 33.3 Å². The van der Waals surface area contributed by atoms with Gasteiger partial charge in [-0.15, -0.1) is 0 Å².